The molecular formula is C24H24F3N3O5. The van der Waals surface area contributed by atoms with Gasteiger partial charge in [0.15, 0.2) is 0 Å². The van der Waals surface area contributed by atoms with Crippen molar-refractivity contribution in [1.82, 2.24) is 14.5 Å². The zero-order valence-electron chi connectivity index (χ0n) is 18.9. The SMILES string of the molecule is COCCn1c(=O)[nH]c2cc(C(=O)N3CCC(O)(c4cccc(C(F)(F)F)c4)CC3)ccc2c1=O. The first-order valence-corrected chi connectivity index (χ1v) is 11.0. The Morgan fingerprint density at radius 3 is 2.51 bits per heavy atom. The van der Waals surface area contributed by atoms with Gasteiger partial charge < -0.3 is 19.7 Å². The summed E-state index contributed by atoms with van der Waals surface area (Å²) >= 11 is 0. The summed E-state index contributed by atoms with van der Waals surface area (Å²) in [6, 6.07) is 8.97. The Kier molecular flexibility index (Phi) is 6.56. The van der Waals surface area contributed by atoms with E-state index in [-0.39, 0.29) is 67.0 Å². The van der Waals surface area contributed by atoms with Gasteiger partial charge in [0.2, 0.25) is 0 Å². The lowest BCUT2D eigenvalue weighted by Gasteiger charge is -2.38. The largest absolute Gasteiger partial charge is 0.416 e. The maximum Gasteiger partial charge on any atom is 0.416 e. The Hall–Kier alpha value is -3.44. The number of benzene rings is 2. The van der Waals surface area contributed by atoms with E-state index in [1.807, 2.05) is 0 Å². The topological polar surface area (TPSA) is 105 Å². The highest BCUT2D eigenvalue weighted by atomic mass is 19.4. The number of nitrogens with zero attached hydrogens (tertiary/aromatic N) is 2. The van der Waals surface area contributed by atoms with Crippen molar-refractivity contribution in [3.05, 3.63) is 80.0 Å². The summed E-state index contributed by atoms with van der Waals surface area (Å²) < 4.78 is 45.1. The fraction of sp³-hybridized carbons (Fsp3) is 0.375. The number of aliphatic hydroxyl groups is 1. The molecule has 0 unspecified atom stereocenters. The Balaban J connectivity index is 1.53. The number of piperidine rings is 1. The molecule has 1 saturated heterocycles. The van der Waals surface area contributed by atoms with Gasteiger partial charge in [0.25, 0.3) is 11.5 Å². The van der Waals surface area contributed by atoms with Crippen LogP contribution < -0.4 is 11.2 Å². The number of likely N-dealkylation sites (tertiary alicyclic amines) is 1. The van der Waals surface area contributed by atoms with Gasteiger partial charge in [-0.15, -0.1) is 0 Å². The molecule has 186 valence electrons. The Morgan fingerprint density at radius 1 is 1.14 bits per heavy atom. The molecule has 0 spiro atoms. The highest BCUT2D eigenvalue weighted by molar-refractivity contribution is 5.97. The quantitative estimate of drug-likeness (QED) is 0.571. The number of H-pyrrole nitrogens is 1. The lowest BCUT2D eigenvalue weighted by molar-refractivity contribution is -0.137. The number of methoxy groups -OCH3 is 1. The van der Waals surface area contributed by atoms with Crippen LogP contribution >= 0.6 is 0 Å². The first-order chi connectivity index (χ1) is 16.5. The first-order valence-electron chi connectivity index (χ1n) is 11.0. The van der Waals surface area contributed by atoms with Crippen LogP contribution in [0.5, 0.6) is 0 Å². The molecule has 8 nitrogen and oxygen atoms in total. The monoisotopic (exact) mass is 491 g/mol. The molecule has 1 aliphatic rings. The lowest BCUT2D eigenvalue weighted by Crippen LogP contribution is -2.45. The molecule has 0 bridgehead atoms. The molecule has 2 aromatic carbocycles. The Morgan fingerprint density at radius 2 is 1.86 bits per heavy atom. The molecule has 35 heavy (non-hydrogen) atoms. The molecule has 11 heteroatoms. The van der Waals surface area contributed by atoms with Crippen molar-refractivity contribution < 1.29 is 27.8 Å². The predicted molar refractivity (Wildman–Crippen MR) is 121 cm³/mol. The summed E-state index contributed by atoms with van der Waals surface area (Å²) in [6.07, 6.45) is -4.39. The zero-order valence-corrected chi connectivity index (χ0v) is 18.9. The smallest absolute Gasteiger partial charge is 0.385 e. The Labute approximate surface area is 197 Å². The summed E-state index contributed by atoms with van der Waals surface area (Å²) in [5, 5.41) is 11.2. The van der Waals surface area contributed by atoms with E-state index < -0.39 is 28.6 Å². The Bertz CT molecular complexity index is 1370. The fourth-order valence-electron chi connectivity index (χ4n) is 4.31. The maximum absolute atomic E-state index is 13.1. The van der Waals surface area contributed by atoms with E-state index in [2.05, 4.69) is 4.98 Å². The minimum absolute atomic E-state index is 0.0642. The van der Waals surface area contributed by atoms with Crippen LogP contribution in [0.2, 0.25) is 0 Å². The summed E-state index contributed by atoms with van der Waals surface area (Å²) in [5.41, 5.74) is -2.82. The standard InChI is InChI=1S/C24H24F3N3O5/c1-35-12-11-30-21(32)18-6-5-15(13-19(18)28-22(30)33)20(31)29-9-7-23(34,8-10-29)16-3-2-4-17(14-16)24(25,26)27/h2-6,13-14,34H,7-12H2,1H3,(H,28,33). The number of carbonyl (C=O) groups excluding carboxylic acids is 1. The van der Waals surface area contributed by atoms with Crippen LogP contribution in [0.15, 0.2) is 52.1 Å². The third-order valence-corrected chi connectivity index (χ3v) is 6.35. The van der Waals surface area contributed by atoms with Crippen molar-refractivity contribution in [3.63, 3.8) is 0 Å². The van der Waals surface area contributed by atoms with Gasteiger partial charge in [-0.2, -0.15) is 13.2 Å². The minimum atomic E-state index is -4.52. The molecule has 0 aliphatic carbocycles. The van der Waals surface area contributed by atoms with E-state index in [1.165, 1.54) is 42.3 Å². The third kappa shape index (κ3) is 4.87. The van der Waals surface area contributed by atoms with Gasteiger partial charge in [0, 0.05) is 25.8 Å². The molecule has 1 amide bonds. The lowest BCUT2D eigenvalue weighted by atomic mass is 9.83. The second kappa shape index (κ2) is 9.31. The van der Waals surface area contributed by atoms with Gasteiger partial charge >= 0.3 is 11.9 Å². The molecule has 3 aromatic rings. The van der Waals surface area contributed by atoms with Crippen LogP contribution in [0, 0.1) is 0 Å². The number of nitrogens with one attached hydrogen (secondary N) is 1. The van der Waals surface area contributed by atoms with Crippen LogP contribution in [-0.2, 0) is 23.1 Å². The van der Waals surface area contributed by atoms with E-state index in [0.29, 0.717) is 0 Å². The average molecular weight is 491 g/mol. The molecular weight excluding hydrogens is 467 g/mol. The number of hydrogen-bond donors (Lipinski definition) is 2. The fourth-order valence-corrected chi connectivity index (χ4v) is 4.31. The molecule has 1 aliphatic heterocycles. The van der Waals surface area contributed by atoms with Crippen molar-refractivity contribution >= 4 is 16.8 Å². The number of aromatic amines is 1. The first kappa shape index (κ1) is 24.7. The van der Waals surface area contributed by atoms with Crippen molar-refractivity contribution in [2.45, 2.75) is 31.2 Å². The second-order valence-corrected chi connectivity index (χ2v) is 8.54. The van der Waals surface area contributed by atoms with Crippen LogP contribution in [-0.4, -0.2) is 52.3 Å². The van der Waals surface area contributed by atoms with Crippen molar-refractivity contribution in [2.75, 3.05) is 26.8 Å². The van der Waals surface area contributed by atoms with E-state index in [0.717, 1.165) is 16.7 Å². The molecule has 0 atom stereocenters. The summed E-state index contributed by atoms with van der Waals surface area (Å²) in [7, 11) is 1.46. The number of halogens is 3. The van der Waals surface area contributed by atoms with Crippen molar-refractivity contribution in [1.29, 1.82) is 0 Å². The average Bonchev–Trinajstić information content (AvgIpc) is 2.83. The van der Waals surface area contributed by atoms with Gasteiger partial charge in [0.1, 0.15) is 0 Å². The van der Waals surface area contributed by atoms with Crippen molar-refractivity contribution in [3.8, 4) is 0 Å². The van der Waals surface area contributed by atoms with Crippen LogP contribution in [0.25, 0.3) is 10.9 Å². The van der Waals surface area contributed by atoms with Gasteiger partial charge in [0.05, 0.1) is 35.2 Å². The maximum atomic E-state index is 13.1. The highest BCUT2D eigenvalue weighted by Crippen LogP contribution is 2.37. The van der Waals surface area contributed by atoms with Crippen LogP contribution in [0.4, 0.5) is 13.2 Å². The van der Waals surface area contributed by atoms with E-state index in [9.17, 15) is 32.7 Å². The van der Waals surface area contributed by atoms with Gasteiger partial charge in [-0.05, 0) is 48.7 Å². The summed E-state index contributed by atoms with van der Waals surface area (Å²) in [4.78, 5) is 42.1. The number of rotatable bonds is 5. The van der Waals surface area contributed by atoms with Crippen molar-refractivity contribution in [2.24, 2.45) is 0 Å². The number of alkyl halides is 3. The number of hydrogen-bond acceptors (Lipinski definition) is 5. The minimum Gasteiger partial charge on any atom is -0.385 e. The normalized spacial score (nSPS) is 16.0. The number of fused-ring (bicyclic) bond motifs is 1. The van der Waals surface area contributed by atoms with E-state index in [1.54, 1.807) is 0 Å². The van der Waals surface area contributed by atoms with Gasteiger partial charge in [-0.1, -0.05) is 12.1 Å². The molecule has 0 saturated carbocycles. The van der Waals surface area contributed by atoms with Crippen LogP contribution in [0.1, 0.15) is 34.3 Å². The number of amides is 1. The van der Waals surface area contributed by atoms with Gasteiger partial charge in [-0.25, -0.2) is 4.79 Å². The molecule has 0 radical (unpaired) electrons. The third-order valence-electron chi connectivity index (χ3n) is 6.35. The van der Waals surface area contributed by atoms with E-state index >= 15 is 0 Å². The number of aromatic nitrogens is 2. The molecule has 1 fully saturated rings. The second-order valence-electron chi connectivity index (χ2n) is 8.54. The molecule has 1 aromatic heterocycles. The molecule has 4 rings (SSSR count). The zero-order chi connectivity index (χ0) is 25.4. The predicted octanol–water partition coefficient (Wildman–Crippen LogP) is 2.48. The number of ether oxygens (including phenoxy) is 1. The van der Waals surface area contributed by atoms with Gasteiger partial charge in [-0.3, -0.25) is 14.2 Å². The number of carbonyl (C=O) groups is 1. The highest BCUT2D eigenvalue weighted by Gasteiger charge is 2.38. The molecule has 2 heterocycles. The van der Waals surface area contributed by atoms with E-state index in [4.69, 9.17) is 4.74 Å². The molecule has 2 N–H and O–H groups in total. The summed E-state index contributed by atoms with van der Waals surface area (Å²) in [6.45, 7) is 0.522. The summed E-state index contributed by atoms with van der Waals surface area (Å²) in [5.74, 6) is -0.373. The van der Waals surface area contributed by atoms with Crippen LogP contribution in [0.3, 0.4) is 0 Å².